The summed E-state index contributed by atoms with van der Waals surface area (Å²) in [5, 5.41) is 0. The number of anilines is 3. The lowest BCUT2D eigenvalue weighted by Gasteiger charge is -2.25. The van der Waals surface area contributed by atoms with Crippen molar-refractivity contribution < 1.29 is 9.47 Å². The second-order valence-corrected chi connectivity index (χ2v) is 5.87. The van der Waals surface area contributed by atoms with E-state index in [9.17, 15) is 0 Å². The average Bonchev–Trinajstić information content (AvgIpc) is 2.66. The molecule has 3 heteroatoms. The van der Waals surface area contributed by atoms with E-state index < -0.39 is 0 Å². The van der Waals surface area contributed by atoms with E-state index in [-0.39, 0.29) is 0 Å². The summed E-state index contributed by atoms with van der Waals surface area (Å²) in [6.07, 6.45) is 0. The molecule has 0 bridgehead atoms. The Morgan fingerprint density at radius 1 is 0.560 bits per heavy atom. The van der Waals surface area contributed by atoms with Crippen LogP contribution in [0.1, 0.15) is 11.1 Å². The molecule has 0 fully saturated rings. The van der Waals surface area contributed by atoms with Crippen LogP contribution in [0.4, 0.5) is 17.1 Å². The molecule has 0 atom stereocenters. The second-order valence-electron chi connectivity index (χ2n) is 5.87. The molecule has 0 unspecified atom stereocenters. The highest BCUT2D eigenvalue weighted by Gasteiger charge is 2.12. The van der Waals surface area contributed by atoms with Crippen LogP contribution in [0.5, 0.6) is 0 Å². The normalized spacial score (nSPS) is 10.6. The molecule has 0 radical (unpaired) electrons. The van der Waals surface area contributed by atoms with Crippen molar-refractivity contribution in [2.45, 2.75) is 13.2 Å². The maximum Gasteiger partial charge on any atom is 0.0713 e. The largest absolute Gasteiger partial charge is 0.380 e. The van der Waals surface area contributed by atoms with Gasteiger partial charge in [-0.2, -0.15) is 0 Å². The number of methoxy groups -OCH3 is 2. The number of para-hydroxylation sites is 1. The zero-order valence-corrected chi connectivity index (χ0v) is 14.7. The predicted octanol–water partition coefficient (Wildman–Crippen LogP) is 5.45. The third-order valence-corrected chi connectivity index (χ3v) is 4.03. The van der Waals surface area contributed by atoms with Crippen LogP contribution in [-0.2, 0) is 22.7 Å². The Bertz CT molecular complexity index is 718. The molecule has 25 heavy (non-hydrogen) atoms. The minimum Gasteiger partial charge on any atom is -0.380 e. The quantitative estimate of drug-likeness (QED) is 0.574. The van der Waals surface area contributed by atoms with Crippen molar-refractivity contribution in [3.63, 3.8) is 0 Å². The fourth-order valence-electron chi connectivity index (χ4n) is 2.84. The Morgan fingerprint density at radius 2 is 0.960 bits per heavy atom. The first-order valence-corrected chi connectivity index (χ1v) is 8.33. The van der Waals surface area contributed by atoms with E-state index in [1.165, 1.54) is 0 Å². The maximum absolute atomic E-state index is 5.21. The van der Waals surface area contributed by atoms with Gasteiger partial charge in [-0.3, -0.25) is 0 Å². The van der Waals surface area contributed by atoms with Gasteiger partial charge in [-0.15, -0.1) is 0 Å². The molecule has 0 N–H and O–H groups in total. The molecule has 0 saturated heterocycles. The lowest BCUT2D eigenvalue weighted by atomic mass is 10.1. The minimum atomic E-state index is 0.622. The van der Waals surface area contributed by atoms with E-state index in [1.54, 1.807) is 14.2 Å². The third-order valence-electron chi connectivity index (χ3n) is 4.03. The van der Waals surface area contributed by atoms with Crippen LogP contribution in [-0.4, -0.2) is 14.2 Å². The maximum atomic E-state index is 5.21. The minimum absolute atomic E-state index is 0.622. The van der Waals surface area contributed by atoms with Gasteiger partial charge in [-0.25, -0.2) is 0 Å². The molecule has 3 aromatic carbocycles. The van der Waals surface area contributed by atoms with Gasteiger partial charge in [0.2, 0.25) is 0 Å². The van der Waals surface area contributed by atoms with E-state index in [2.05, 4.69) is 77.7 Å². The van der Waals surface area contributed by atoms with Crippen LogP contribution in [0.3, 0.4) is 0 Å². The first kappa shape index (κ1) is 17.2. The van der Waals surface area contributed by atoms with Crippen molar-refractivity contribution >= 4 is 17.1 Å². The molecule has 0 heterocycles. The molecule has 3 aromatic rings. The molecule has 0 aliphatic heterocycles. The predicted molar refractivity (Wildman–Crippen MR) is 103 cm³/mol. The molecular weight excluding hydrogens is 310 g/mol. The molecule has 128 valence electrons. The number of hydrogen-bond acceptors (Lipinski definition) is 3. The van der Waals surface area contributed by atoms with Gasteiger partial charge in [-0.05, 0) is 47.5 Å². The smallest absolute Gasteiger partial charge is 0.0713 e. The van der Waals surface area contributed by atoms with Crippen molar-refractivity contribution in [1.29, 1.82) is 0 Å². The number of ether oxygens (including phenoxy) is 2. The van der Waals surface area contributed by atoms with Crippen LogP contribution in [0, 0.1) is 0 Å². The molecule has 0 aliphatic rings. The van der Waals surface area contributed by atoms with Gasteiger partial charge in [0.15, 0.2) is 0 Å². The first-order chi connectivity index (χ1) is 12.3. The van der Waals surface area contributed by atoms with Crippen LogP contribution in [0.15, 0.2) is 78.9 Å². The lowest BCUT2D eigenvalue weighted by molar-refractivity contribution is 0.185. The average molecular weight is 333 g/mol. The Hall–Kier alpha value is -2.62. The zero-order chi connectivity index (χ0) is 17.5. The van der Waals surface area contributed by atoms with Gasteiger partial charge in [0.1, 0.15) is 0 Å². The van der Waals surface area contributed by atoms with Crippen LogP contribution >= 0.6 is 0 Å². The SMILES string of the molecule is COCc1ccc(N(c2ccccc2)c2ccc(COC)cc2)cc1. The zero-order valence-electron chi connectivity index (χ0n) is 14.7. The molecular formula is C22H23NO2. The van der Waals surface area contributed by atoms with Gasteiger partial charge < -0.3 is 14.4 Å². The summed E-state index contributed by atoms with van der Waals surface area (Å²) >= 11 is 0. The van der Waals surface area contributed by atoms with Gasteiger partial charge in [0, 0.05) is 31.3 Å². The van der Waals surface area contributed by atoms with E-state index in [4.69, 9.17) is 9.47 Å². The van der Waals surface area contributed by atoms with Crippen LogP contribution < -0.4 is 4.90 Å². The fraction of sp³-hybridized carbons (Fsp3) is 0.182. The highest BCUT2D eigenvalue weighted by molar-refractivity contribution is 5.76. The van der Waals surface area contributed by atoms with E-state index in [0.29, 0.717) is 13.2 Å². The summed E-state index contributed by atoms with van der Waals surface area (Å²) in [4.78, 5) is 2.24. The molecule has 0 aromatic heterocycles. The van der Waals surface area contributed by atoms with Gasteiger partial charge >= 0.3 is 0 Å². The summed E-state index contributed by atoms with van der Waals surface area (Å²) in [5.41, 5.74) is 5.68. The lowest BCUT2D eigenvalue weighted by Crippen LogP contribution is -2.10. The number of benzene rings is 3. The molecule has 0 amide bonds. The van der Waals surface area contributed by atoms with Crippen molar-refractivity contribution in [2.75, 3.05) is 19.1 Å². The topological polar surface area (TPSA) is 21.7 Å². The Balaban J connectivity index is 1.98. The number of rotatable bonds is 7. The summed E-state index contributed by atoms with van der Waals surface area (Å²) in [6.45, 7) is 1.24. The molecule has 0 aliphatic carbocycles. The second kappa shape index (κ2) is 8.47. The van der Waals surface area contributed by atoms with Crippen molar-refractivity contribution in [3.8, 4) is 0 Å². The number of hydrogen-bond donors (Lipinski definition) is 0. The van der Waals surface area contributed by atoms with Crippen LogP contribution in [0.2, 0.25) is 0 Å². The Morgan fingerprint density at radius 3 is 1.36 bits per heavy atom. The van der Waals surface area contributed by atoms with Crippen molar-refractivity contribution in [2.24, 2.45) is 0 Å². The standard InChI is InChI=1S/C22H23NO2/c1-24-16-18-8-12-21(13-9-18)23(20-6-4-3-5-7-20)22-14-10-19(11-15-22)17-25-2/h3-15H,16-17H2,1-2H3. The molecule has 3 rings (SSSR count). The van der Waals surface area contributed by atoms with Crippen molar-refractivity contribution in [1.82, 2.24) is 0 Å². The fourth-order valence-corrected chi connectivity index (χ4v) is 2.84. The molecule has 0 saturated carbocycles. The summed E-state index contributed by atoms with van der Waals surface area (Å²) in [7, 11) is 3.43. The van der Waals surface area contributed by atoms with E-state index in [0.717, 1.165) is 28.2 Å². The first-order valence-electron chi connectivity index (χ1n) is 8.33. The molecule has 0 spiro atoms. The highest BCUT2D eigenvalue weighted by Crippen LogP contribution is 2.34. The summed E-state index contributed by atoms with van der Waals surface area (Å²) in [5.74, 6) is 0. The van der Waals surface area contributed by atoms with Gasteiger partial charge in [0.25, 0.3) is 0 Å². The Labute approximate surface area is 149 Å². The molecule has 3 nitrogen and oxygen atoms in total. The third kappa shape index (κ3) is 4.27. The van der Waals surface area contributed by atoms with Gasteiger partial charge in [-0.1, -0.05) is 42.5 Å². The van der Waals surface area contributed by atoms with E-state index >= 15 is 0 Å². The summed E-state index contributed by atoms with van der Waals surface area (Å²) < 4.78 is 10.4. The Kier molecular flexibility index (Phi) is 5.83. The number of nitrogens with zero attached hydrogens (tertiary/aromatic N) is 1. The monoisotopic (exact) mass is 333 g/mol. The van der Waals surface area contributed by atoms with Gasteiger partial charge in [0.05, 0.1) is 13.2 Å². The highest BCUT2D eigenvalue weighted by atomic mass is 16.5. The summed E-state index contributed by atoms with van der Waals surface area (Å²) in [6, 6.07) is 27.3. The van der Waals surface area contributed by atoms with Crippen LogP contribution in [0.25, 0.3) is 0 Å². The van der Waals surface area contributed by atoms with Crippen molar-refractivity contribution in [3.05, 3.63) is 90.0 Å². The van der Waals surface area contributed by atoms with E-state index in [1.807, 2.05) is 6.07 Å².